The smallest absolute Gasteiger partial charge is 0.0412 e. The van der Waals surface area contributed by atoms with E-state index in [1.165, 1.54) is 96.3 Å². The quantitative estimate of drug-likeness (QED) is 0.252. The molecule has 0 amide bonds. The summed E-state index contributed by atoms with van der Waals surface area (Å²) in [6.07, 6.45) is 21.7. The van der Waals surface area contributed by atoms with Crippen molar-refractivity contribution in [2.45, 2.75) is 124 Å². The lowest BCUT2D eigenvalue weighted by Gasteiger charge is -2.20. The summed E-state index contributed by atoms with van der Waals surface area (Å²) in [4.78, 5) is 0. The van der Waals surface area contributed by atoms with E-state index in [0.717, 1.165) is 11.8 Å². The van der Waals surface area contributed by atoms with Gasteiger partial charge in [0.15, 0.2) is 0 Å². The first-order chi connectivity index (χ1) is 10.2. The summed E-state index contributed by atoms with van der Waals surface area (Å²) in [5, 5.41) is 0. The van der Waals surface area contributed by atoms with E-state index >= 15 is 0 Å². The Morgan fingerprint density at radius 2 is 1.05 bits per heavy atom. The Hall–Kier alpha value is 0. The van der Waals surface area contributed by atoms with Crippen molar-refractivity contribution in [3.8, 4) is 0 Å². The van der Waals surface area contributed by atoms with E-state index in [9.17, 15) is 0 Å². The van der Waals surface area contributed by atoms with E-state index in [4.69, 9.17) is 0 Å². The molecule has 0 heteroatoms. The van der Waals surface area contributed by atoms with E-state index < -0.39 is 0 Å². The molecule has 0 fully saturated rings. The van der Waals surface area contributed by atoms with Crippen LogP contribution in [0, 0.1) is 11.8 Å². The van der Waals surface area contributed by atoms with Crippen LogP contribution in [0.4, 0.5) is 0 Å². The molecule has 0 aliphatic rings. The molecule has 0 nitrogen and oxygen atoms in total. The van der Waals surface area contributed by atoms with Gasteiger partial charge in [-0.1, -0.05) is 118 Å². The van der Waals surface area contributed by atoms with Crippen LogP contribution in [0.3, 0.4) is 0 Å². The molecule has 0 aromatic rings. The fraction of sp³-hybridized carbons (Fsp3) is 1.00. The van der Waals surface area contributed by atoms with Gasteiger partial charge in [0.1, 0.15) is 0 Å². The van der Waals surface area contributed by atoms with Crippen molar-refractivity contribution < 1.29 is 0 Å². The summed E-state index contributed by atoms with van der Waals surface area (Å²) in [5.41, 5.74) is 0. The average Bonchev–Trinajstić information content (AvgIpc) is 2.47. The van der Waals surface area contributed by atoms with Crippen molar-refractivity contribution in [1.29, 1.82) is 0 Å². The lowest BCUT2D eigenvalue weighted by Crippen LogP contribution is -2.07. The summed E-state index contributed by atoms with van der Waals surface area (Å²) in [5.74, 6) is 1.97. The zero-order chi connectivity index (χ0) is 15.8. The maximum atomic E-state index is 2.50. The van der Waals surface area contributed by atoms with Crippen LogP contribution in [0.15, 0.2) is 0 Å². The lowest BCUT2D eigenvalue weighted by atomic mass is 9.85. The third-order valence-corrected chi connectivity index (χ3v) is 4.95. The molecule has 2 atom stereocenters. The van der Waals surface area contributed by atoms with Gasteiger partial charge in [-0.3, -0.25) is 0 Å². The van der Waals surface area contributed by atoms with Crippen LogP contribution in [-0.4, -0.2) is 0 Å². The third-order valence-electron chi connectivity index (χ3n) is 4.95. The van der Waals surface area contributed by atoms with Crippen LogP contribution in [0.1, 0.15) is 124 Å². The molecule has 0 saturated heterocycles. The van der Waals surface area contributed by atoms with E-state index in [1.807, 2.05) is 0 Å². The largest absolute Gasteiger partial charge is 0.0654 e. The second kappa shape index (κ2) is 16.4. The highest BCUT2D eigenvalue weighted by atomic mass is 14.2. The Kier molecular flexibility index (Phi) is 16.4. The van der Waals surface area contributed by atoms with Crippen LogP contribution >= 0.6 is 0 Å². The second-order valence-corrected chi connectivity index (χ2v) is 7.40. The van der Waals surface area contributed by atoms with Gasteiger partial charge < -0.3 is 0 Å². The van der Waals surface area contributed by atoms with Gasteiger partial charge in [-0.25, -0.2) is 0 Å². The maximum absolute atomic E-state index is 2.50. The minimum Gasteiger partial charge on any atom is -0.0654 e. The molecule has 0 heterocycles. The normalized spacial score (nSPS) is 14.3. The van der Waals surface area contributed by atoms with Crippen molar-refractivity contribution in [2.75, 3.05) is 0 Å². The van der Waals surface area contributed by atoms with E-state index in [2.05, 4.69) is 27.7 Å². The molecule has 0 aromatic heterocycles. The number of unbranched alkanes of at least 4 members (excludes halogenated alkanes) is 8. The van der Waals surface area contributed by atoms with Crippen molar-refractivity contribution in [2.24, 2.45) is 11.8 Å². The molecule has 0 aliphatic carbocycles. The van der Waals surface area contributed by atoms with Crippen LogP contribution in [0.2, 0.25) is 0 Å². The fourth-order valence-electron chi connectivity index (χ4n) is 3.61. The van der Waals surface area contributed by atoms with Gasteiger partial charge in [-0.15, -0.1) is 0 Å². The minimum absolute atomic E-state index is 0.957. The Morgan fingerprint density at radius 3 is 1.67 bits per heavy atom. The van der Waals surface area contributed by atoms with E-state index in [0.29, 0.717) is 0 Å². The molecule has 21 heavy (non-hydrogen) atoms. The summed E-state index contributed by atoms with van der Waals surface area (Å²) in [7, 11) is 0. The summed E-state index contributed by atoms with van der Waals surface area (Å²) >= 11 is 0. The molecule has 0 N–H and O–H groups in total. The van der Waals surface area contributed by atoms with Gasteiger partial charge in [-0.05, 0) is 18.3 Å². The molecule has 128 valence electrons. The first-order valence-electron chi connectivity index (χ1n) is 10.2. The first kappa shape index (κ1) is 21.0. The highest BCUT2D eigenvalue weighted by molar-refractivity contribution is 4.65. The molecule has 0 rings (SSSR count). The van der Waals surface area contributed by atoms with Crippen molar-refractivity contribution in [1.82, 2.24) is 0 Å². The number of rotatable bonds is 16. The standard InChI is InChI=1S/C21H44/c1-5-8-10-12-13-14-17-20(4)19-21(16-7-3)18-15-11-9-6-2/h20-21H,5-19H2,1-4H3. The lowest BCUT2D eigenvalue weighted by molar-refractivity contribution is 0.320. The molecule has 0 aromatic carbocycles. The average molecular weight is 297 g/mol. The first-order valence-corrected chi connectivity index (χ1v) is 10.2. The molecule has 2 unspecified atom stereocenters. The maximum Gasteiger partial charge on any atom is -0.0412 e. The molecule has 0 aliphatic heterocycles. The number of hydrogen-bond acceptors (Lipinski definition) is 0. The monoisotopic (exact) mass is 296 g/mol. The Labute approximate surface area is 136 Å². The molecule has 0 bridgehead atoms. The van der Waals surface area contributed by atoms with Gasteiger partial charge >= 0.3 is 0 Å². The Bertz CT molecular complexity index is 184. The van der Waals surface area contributed by atoms with Gasteiger partial charge in [0, 0.05) is 0 Å². The summed E-state index contributed by atoms with van der Waals surface area (Å²) in [6.45, 7) is 9.47. The highest BCUT2D eigenvalue weighted by Gasteiger charge is 2.12. The minimum atomic E-state index is 0.957. The van der Waals surface area contributed by atoms with Crippen molar-refractivity contribution in [3.05, 3.63) is 0 Å². The fourth-order valence-corrected chi connectivity index (χ4v) is 3.61. The zero-order valence-corrected chi connectivity index (χ0v) is 15.8. The SMILES string of the molecule is CCCCCCCCC(C)CC(CCC)CCCCCC. The second-order valence-electron chi connectivity index (χ2n) is 7.40. The molecular formula is C21H44. The van der Waals surface area contributed by atoms with Crippen LogP contribution in [0.5, 0.6) is 0 Å². The van der Waals surface area contributed by atoms with Crippen molar-refractivity contribution in [3.63, 3.8) is 0 Å². The van der Waals surface area contributed by atoms with Crippen LogP contribution < -0.4 is 0 Å². The number of hydrogen-bond donors (Lipinski definition) is 0. The Balaban J connectivity index is 3.65. The predicted molar refractivity (Wildman–Crippen MR) is 98.9 cm³/mol. The van der Waals surface area contributed by atoms with Gasteiger partial charge in [0.05, 0.1) is 0 Å². The zero-order valence-electron chi connectivity index (χ0n) is 15.8. The molecule has 0 radical (unpaired) electrons. The summed E-state index contributed by atoms with van der Waals surface area (Å²) < 4.78 is 0. The van der Waals surface area contributed by atoms with Gasteiger partial charge in [-0.2, -0.15) is 0 Å². The van der Waals surface area contributed by atoms with Gasteiger partial charge in [0.25, 0.3) is 0 Å². The predicted octanol–water partition coefficient (Wildman–Crippen LogP) is 8.15. The van der Waals surface area contributed by atoms with Crippen molar-refractivity contribution >= 4 is 0 Å². The van der Waals surface area contributed by atoms with E-state index in [1.54, 1.807) is 0 Å². The molecule has 0 saturated carbocycles. The summed E-state index contributed by atoms with van der Waals surface area (Å²) in [6, 6.07) is 0. The topological polar surface area (TPSA) is 0 Å². The highest BCUT2D eigenvalue weighted by Crippen LogP contribution is 2.26. The van der Waals surface area contributed by atoms with Crippen LogP contribution in [-0.2, 0) is 0 Å². The Morgan fingerprint density at radius 1 is 0.524 bits per heavy atom. The van der Waals surface area contributed by atoms with E-state index in [-0.39, 0.29) is 0 Å². The van der Waals surface area contributed by atoms with Crippen LogP contribution in [0.25, 0.3) is 0 Å². The molecule has 0 spiro atoms. The molecular weight excluding hydrogens is 252 g/mol. The third kappa shape index (κ3) is 14.7. The van der Waals surface area contributed by atoms with Gasteiger partial charge in [0.2, 0.25) is 0 Å².